The second-order valence-electron chi connectivity index (χ2n) is 3.57. The lowest BCUT2D eigenvalue weighted by Crippen LogP contribution is -2.57. The summed E-state index contributed by atoms with van der Waals surface area (Å²) in [5, 5.41) is 17.3. The van der Waals surface area contributed by atoms with Crippen molar-refractivity contribution >= 4 is 11.9 Å². The number of carboxylic acids is 1. The Balaban J connectivity index is 4.53. The van der Waals surface area contributed by atoms with Crippen molar-refractivity contribution in [2.24, 2.45) is 5.73 Å². The number of aliphatic hydroxyl groups is 1. The molecule has 0 saturated carbocycles. The zero-order chi connectivity index (χ0) is 10.9. The molecular formula is C7H13NO5. The third-order valence-electron chi connectivity index (χ3n) is 1.04. The fourth-order valence-corrected chi connectivity index (χ4v) is 0.443. The van der Waals surface area contributed by atoms with E-state index in [1.165, 1.54) is 20.8 Å². The lowest BCUT2D eigenvalue weighted by molar-refractivity contribution is -0.187. The standard InChI is InChI=1S/C7H13NO5/c1-6(2,3)13-5(11)7(8,12)4(9)10/h12H,8H2,1-3H3,(H,9,10). The van der Waals surface area contributed by atoms with Gasteiger partial charge in [-0.1, -0.05) is 0 Å². The van der Waals surface area contributed by atoms with E-state index in [0.717, 1.165) is 0 Å². The number of hydrogen-bond acceptors (Lipinski definition) is 5. The molecule has 0 bridgehead atoms. The highest BCUT2D eigenvalue weighted by Gasteiger charge is 2.43. The molecule has 0 radical (unpaired) electrons. The highest BCUT2D eigenvalue weighted by molar-refractivity contribution is 6.01. The van der Waals surface area contributed by atoms with Crippen LogP contribution in [0.3, 0.4) is 0 Å². The summed E-state index contributed by atoms with van der Waals surface area (Å²) in [7, 11) is 0. The van der Waals surface area contributed by atoms with Crippen LogP contribution in [0, 0.1) is 0 Å². The summed E-state index contributed by atoms with van der Waals surface area (Å²) in [6.07, 6.45) is 0. The summed E-state index contributed by atoms with van der Waals surface area (Å²) in [5.74, 6) is -3.23. The van der Waals surface area contributed by atoms with Gasteiger partial charge in [-0.15, -0.1) is 0 Å². The molecule has 0 rings (SSSR count). The molecule has 0 amide bonds. The van der Waals surface area contributed by atoms with Gasteiger partial charge in [-0.25, -0.2) is 9.59 Å². The van der Waals surface area contributed by atoms with Crippen LogP contribution in [-0.4, -0.2) is 33.5 Å². The normalized spacial score (nSPS) is 16.1. The molecule has 13 heavy (non-hydrogen) atoms. The number of esters is 1. The zero-order valence-corrected chi connectivity index (χ0v) is 7.70. The van der Waals surface area contributed by atoms with E-state index < -0.39 is 23.3 Å². The summed E-state index contributed by atoms with van der Waals surface area (Å²) in [4.78, 5) is 21.2. The largest absolute Gasteiger partial charge is 0.478 e. The molecule has 0 aromatic rings. The minimum atomic E-state index is -2.98. The van der Waals surface area contributed by atoms with Crippen molar-refractivity contribution in [2.45, 2.75) is 32.1 Å². The topological polar surface area (TPSA) is 110 Å². The third-order valence-corrected chi connectivity index (χ3v) is 1.04. The van der Waals surface area contributed by atoms with Crippen molar-refractivity contribution in [3.63, 3.8) is 0 Å². The van der Waals surface area contributed by atoms with Gasteiger partial charge in [0.05, 0.1) is 0 Å². The van der Waals surface area contributed by atoms with Gasteiger partial charge in [0, 0.05) is 0 Å². The molecule has 4 N–H and O–H groups in total. The SMILES string of the molecule is CC(C)(C)OC(=O)C(N)(O)C(=O)O. The van der Waals surface area contributed by atoms with Crippen molar-refractivity contribution in [1.29, 1.82) is 0 Å². The number of aliphatic carboxylic acids is 1. The first kappa shape index (κ1) is 11.9. The van der Waals surface area contributed by atoms with E-state index in [-0.39, 0.29) is 0 Å². The maximum atomic E-state index is 10.9. The second-order valence-corrected chi connectivity index (χ2v) is 3.57. The van der Waals surface area contributed by atoms with Gasteiger partial charge in [0.15, 0.2) is 0 Å². The van der Waals surface area contributed by atoms with E-state index in [2.05, 4.69) is 4.74 Å². The summed E-state index contributed by atoms with van der Waals surface area (Å²) in [6.45, 7) is 4.59. The molecular weight excluding hydrogens is 178 g/mol. The van der Waals surface area contributed by atoms with Crippen LogP contribution in [0.25, 0.3) is 0 Å². The zero-order valence-electron chi connectivity index (χ0n) is 7.70. The number of carbonyl (C=O) groups excluding carboxylic acids is 1. The van der Waals surface area contributed by atoms with Gasteiger partial charge in [-0.2, -0.15) is 0 Å². The Labute approximate surface area is 75.3 Å². The Hall–Kier alpha value is -1.14. The molecule has 0 saturated heterocycles. The van der Waals surface area contributed by atoms with E-state index in [9.17, 15) is 9.59 Å². The van der Waals surface area contributed by atoms with Gasteiger partial charge >= 0.3 is 17.7 Å². The molecule has 6 nitrogen and oxygen atoms in total. The maximum absolute atomic E-state index is 10.9. The van der Waals surface area contributed by atoms with Crippen LogP contribution in [0.2, 0.25) is 0 Å². The van der Waals surface area contributed by atoms with Crippen LogP contribution in [0.1, 0.15) is 20.8 Å². The van der Waals surface area contributed by atoms with Crippen molar-refractivity contribution in [3.05, 3.63) is 0 Å². The summed E-state index contributed by atoms with van der Waals surface area (Å²) in [5.41, 5.74) is 0.924. The predicted octanol–water partition coefficient (Wildman–Crippen LogP) is -0.940. The van der Waals surface area contributed by atoms with Crippen LogP contribution < -0.4 is 5.73 Å². The second kappa shape index (κ2) is 3.31. The van der Waals surface area contributed by atoms with Crippen molar-refractivity contribution < 1.29 is 24.5 Å². The summed E-state index contributed by atoms with van der Waals surface area (Å²) < 4.78 is 4.57. The van der Waals surface area contributed by atoms with Gasteiger partial charge in [-0.3, -0.25) is 5.73 Å². The molecule has 6 heteroatoms. The Kier molecular flexibility index (Phi) is 3.02. The third kappa shape index (κ3) is 3.39. The fraction of sp³-hybridized carbons (Fsp3) is 0.714. The first-order chi connectivity index (χ1) is 5.57. The Morgan fingerprint density at radius 3 is 1.92 bits per heavy atom. The van der Waals surface area contributed by atoms with E-state index in [4.69, 9.17) is 15.9 Å². The van der Waals surface area contributed by atoms with Gasteiger partial charge < -0.3 is 14.9 Å². The van der Waals surface area contributed by atoms with Gasteiger partial charge in [0.25, 0.3) is 0 Å². The molecule has 0 aromatic carbocycles. The van der Waals surface area contributed by atoms with Gasteiger partial charge in [0.1, 0.15) is 5.60 Å². The number of nitrogens with two attached hydrogens (primary N) is 1. The van der Waals surface area contributed by atoms with E-state index in [1.54, 1.807) is 0 Å². The van der Waals surface area contributed by atoms with Crippen LogP contribution in [0.5, 0.6) is 0 Å². The first-order valence-electron chi connectivity index (χ1n) is 3.55. The van der Waals surface area contributed by atoms with Crippen LogP contribution in [0.15, 0.2) is 0 Å². The first-order valence-corrected chi connectivity index (χ1v) is 3.55. The number of hydrogen-bond donors (Lipinski definition) is 3. The molecule has 0 aliphatic rings. The molecule has 0 aliphatic heterocycles. The van der Waals surface area contributed by atoms with Crippen LogP contribution >= 0.6 is 0 Å². The Morgan fingerprint density at radius 1 is 1.31 bits per heavy atom. The lowest BCUT2D eigenvalue weighted by Gasteiger charge is -2.24. The molecule has 0 fully saturated rings. The monoisotopic (exact) mass is 191 g/mol. The number of carboxylic acid groups (broad SMARTS) is 1. The predicted molar refractivity (Wildman–Crippen MR) is 42.6 cm³/mol. The van der Waals surface area contributed by atoms with E-state index in [1.807, 2.05) is 0 Å². The van der Waals surface area contributed by atoms with E-state index >= 15 is 0 Å². The fourth-order valence-electron chi connectivity index (χ4n) is 0.443. The average Bonchev–Trinajstić information content (AvgIpc) is 1.82. The molecule has 76 valence electrons. The van der Waals surface area contributed by atoms with Gasteiger partial charge in [-0.05, 0) is 20.8 Å². The smallest absolute Gasteiger partial charge is 0.366 e. The number of rotatable bonds is 2. The average molecular weight is 191 g/mol. The number of ether oxygens (including phenoxy) is 1. The van der Waals surface area contributed by atoms with Gasteiger partial charge in [0.2, 0.25) is 0 Å². The van der Waals surface area contributed by atoms with Crippen LogP contribution in [0.4, 0.5) is 0 Å². The maximum Gasteiger partial charge on any atom is 0.366 e. The van der Waals surface area contributed by atoms with Crippen LogP contribution in [-0.2, 0) is 14.3 Å². The lowest BCUT2D eigenvalue weighted by atomic mass is 10.2. The summed E-state index contributed by atoms with van der Waals surface area (Å²) in [6, 6.07) is 0. The highest BCUT2D eigenvalue weighted by Crippen LogP contribution is 2.11. The van der Waals surface area contributed by atoms with Crippen molar-refractivity contribution in [2.75, 3.05) is 0 Å². The molecule has 0 aliphatic carbocycles. The van der Waals surface area contributed by atoms with E-state index in [0.29, 0.717) is 0 Å². The van der Waals surface area contributed by atoms with Crippen molar-refractivity contribution in [1.82, 2.24) is 0 Å². The highest BCUT2D eigenvalue weighted by atomic mass is 16.6. The quantitative estimate of drug-likeness (QED) is 0.295. The molecule has 0 aromatic heterocycles. The van der Waals surface area contributed by atoms with Crippen molar-refractivity contribution in [3.8, 4) is 0 Å². The molecule has 0 spiro atoms. The number of carbonyl (C=O) groups is 2. The summed E-state index contributed by atoms with van der Waals surface area (Å²) >= 11 is 0. The molecule has 1 atom stereocenters. The molecule has 1 unspecified atom stereocenters. The Bertz CT molecular complexity index is 228. The Morgan fingerprint density at radius 2 is 1.69 bits per heavy atom. The minimum Gasteiger partial charge on any atom is -0.478 e. The minimum absolute atomic E-state index is 0.889. The molecule has 0 heterocycles.